The number of hydrogen-bond acceptors (Lipinski definition) is 3. The van der Waals surface area contributed by atoms with E-state index in [0.717, 1.165) is 37.6 Å². The summed E-state index contributed by atoms with van der Waals surface area (Å²) in [4.78, 5) is 2.38. The van der Waals surface area contributed by atoms with E-state index < -0.39 is 0 Å². The first-order chi connectivity index (χ1) is 9.11. The maximum absolute atomic E-state index is 6.17. The Morgan fingerprint density at radius 3 is 3.00 bits per heavy atom. The number of ether oxygens (including phenoxy) is 1. The third-order valence-corrected chi connectivity index (χ3v) is 3.97. The van der Waals surface area contributed by atoms with Crippen molar-refractivity contribution in [3.63, 3.8) is 0 Å². The fourth-order valence-corrected chi connectivity index (χ4v) is 2.66. The fraction of sp³-hybridized carbons (Fsp3) is 0.600. The minimum absolute atomic E-state index is 0.205. The van der Waals surface area contributed by atoms with Crippen LogP contribution in [0.5, 0.6) is 0 Å². The highest BCUT2D eigenvalue weighted by atomic mass is 35.5. The lowest BCUT2D eigenvalue weighted by Crippen LogP contribution is -2.44. The first-order valence-corrected chi connectivity index (χ1v) is 7.38. The van der Waals surface area contributed by atoms with Crippen molar-refractivity contribution in [1.29, 1.82) is 0 Å². The molecule has 19 heavy (non-hydrogen) atoms. The van der Waals surface area contributed by atoms with Crippen LogP contribution < -0.4 is 10.6 Å². The highest BCUT2D eigenvalue weighted by Gasteiger charge is 2.22. The number of hydrogen-bond donors (Lipinski definition) is 1. The van der Waals surface area contributed by atoms with Crippen molar-refractivity contribution >= 4 is 17.3 Å². The van der Waals surface area contributed by atoms with Gasteiger partial charge >= 0.3 is 0 Å². The normalized spacial score (nSPS) is 21.5. The molecule has 3 nitrogen and oxygen atoms in total. The highest BCUT2D eigenvalue weighted by molar-refractivity contribution is 6.30. The zero-order chi connectivity index (χ0) is 13.8. The first-order valence-electron chi connectivity index (χ1n) is 7.00. The Labute approximate surface area is 120 Å². The molecule has 4 heteroatoms. The lowest BCUT2D eigenvalue weighted by Gasteiger charge is -2.37. The predicted octanol–water partition coefficient (Wildman–Crippen LogP) is 2.84. The van der Waals surface area contributed by atoms with Gasteiger partial charge in [0.1, 0.15) is 0 Å². The standard InChI is InChI=1S/C15H23ClN2O/c1-3-14(17)8-12-4-5-13(16)9-15(12)18-6-7-19-10-11(18)2/h4-5,9,11,14H,3,6-8,10,17H2,1-2H3. The third kappa shape index (κ3) is 3.62. The van der Waals surface area contributed by atoms with Crippen LogP contribution in [0.3, 0.4) is 0 Å². The molecule has 2 unspecified atom stereocenters. The smallest absolute Gasteiger partial charge is 0.0668 e. The molecule has 1 aliphatic heterocycles. The molecule has 2 atom stereocenters. The Morgan fingerprint density at radius 1 is 1.53 bits per heavy atom. The predicted molar refractivity (Wildman–Crippen MR) is 81.0 cm³/mol. The van der Waals surface area contributed by atoms with Crippen molar-refractivity contribution in [3.05, 3.63) is 28.8 Å². The minimum atomic E-state index is 0.205. The van der Waals surface area contributed by atoms with Gasteiger partial charge in [-0.3, -0.25) is 0 Å². The largest absolute Gasteiger partial charge is 0.377 e. The number of benzene rings is 1. The van der Waals surface area contributed by atoms with Crippen LogP contribution in [0.15, 0.2) is 18.2 Å². The number of anilines is 1. The van der Waals surface area contributed by atoms with Crippen molar-refractivity contribution in [2.45, 2.75) is 38.8 Å². The molecular formula is C15H23ClN2O. The lowest BCUT2D eigenvalue weighted by molar-refractivity contribution is 0.0988. The van der Waals surface area contributed by atoms with Gasteiger partial charge in [0.05, 0.1) is 13.2 Å². The molecule has 0 amide bonds. The maximum atomic E-state index is 6.17. The second kappa shape index (κ2) is 6.60. The molecular weight excluding hydrogens is 260 g/mol. The molecule has 1 saturated heterocycles. The molecule has 0 aromatic heterocycles. The molecule has 0 saturated carbocycles. The summed E-state index contributed by atoms with van der Waals surface area (Å²) >= 11 is 6.17. The Hall–Kier alpha value is -0.770. The summed E-state index contributed by atoms with van der Waals surface area (Å²) < 4.78 is 5.51. The van der Waals surface area contributed by atoms with Gasteiger partial charge in [-0.1, -0.05) is 24.6 Å². The van der Waals surface area contributed by atoms with Gasteiger partial charge in [0.25, 0.3) is 0 Å². The Morgan fingerprint density at radius 2 is 2.32 bits per heavy atom. The Kier molecular flexibility index (Phi) is 5.08. The van der Waals surface area contributed by atoms with Crippen LogP contribution in [-0.4, -0.2) is 31.8 Å². The first kappa shape index (κ1) is 14.6. The summed E-state index contributed by atoms with van der Waals surface area (Å²) in [6.07, 6.45) is 1.88. The molecule has 2 N–H and O–H groups in total. The highest BCUT2D eigenvalue weighted by Crippen LogP contribution is 2.28. The van der Waals surface area contributed by atoms with Gasteiger partial charge in [0.15, 0.2) is 0 Å². The van der Waals surface area contributed by atoms with Gasteiger partial charge in [0, 0.05) is 29.3 Å². The van der Waals surface area contributed by atoms with Crippen LogP contribution in [0.4, 0.5) is 5.69 Å². The van der Waals surface area contributed by atoms with E-state index in [2.05, 4.69) is 30.9 Å². The van der Waals surface area contributed by atoms with Crippen molar-refractivity contribution < 1.29 is 4.74 Å². The summed E-state index contributed by atoms with van der Waals surface area (Å²) in [6, 6.07) is 6.70. The summed E-state index contributed by atoms with van der Waals surface area (Å²) in [7, 11) is 0. The lowest BCUT2D eigenvalue weighted by atomic mass is 10.0. The second-order valence-electron chi connectivity index (χ2n) is 5.26. The molecule has 0 radical (unpaired) electrons. The van der Waals surface area contributed by atoms with Crippen LogP contribution in [0.2, 0.25) is 5.02 Å². The number of morpholine rings is 1. The molecule has 1 aromatic rings. The third-order valence-electron chi connectivity index (χ3n) is 3.73. The van der Waals surface area contributed by atoms with E-state index in [0.29, 0.717) is 6.04 Å². The van der Waals surface area contributed by atoms with Crippen LogP contribution >= 0.6 is 11.6 Å². The number of halogens is 1. The van der Waals surface area contributed by atoms with Crippen molar-refractivity contribution in [2.24, 2.45) is 5.73 Å². The fourth-order valence-electron chi connectivity index (χ4n) is 2.49. The number of rotatable bonds is 4. The van der Waals surface area contributed by atoms with Gasteiger partial charge in [-0.25, -0.2) is 0 Å². The van der Waals surface area contributed by atoms with E-state index in [9.17, 15) is 0 Å². The summed E-state index contributed by atoms with van der Waals surface area (Å²) in [5, 5.41) is 0.780. The van der Waals surface area contributed by atoms with Crippen molar-refractivity contribution in [2.75, 3.05) is 24.7 Å². The summed E-state index contributed by atoms with van der Waals surface area (Å²) in [5.41, 5.74) is 8.60. The average Bonchev–Trinajstić information content (AvgIpc) is 2.41. The zero-order valence-electron chi connectivity index (χ0n) is 11.7. The van der Waals surface area contributed by atoms with E-state index >= 15 is 0 Å². The van der Waals surface area contributed by atoms with E-state index in [1.807, 2.05) is 6.07 Å². The molecule has 0 bridgehead atoms. The molecule has 1 heterocycles. The second-order valence-corrected chi connectivity index (χ2v) is 5.70. The Bertz CT molecular complexity index is 425. The number of nitrogens with zero attached hydrogens (tertiary/aromatic N) is 1. The van der Waals surface area contributed by atoms with E-state index in [4.69, 9.17) is 22.1 Å². The molecule has 1 fully saturated rings. The topological polar surface area (TPSA) is 38.5 Å². The van der Waals surface area contributed by atoms with Gasteiger partial charge in [-0.15, -0.1) is 0 Å². The SMILES string of the molecule is CCC(N)Cc1ccc(Cl)cc1N1CCOCC1C. The van der Waals surface area contributed by atoms with E-state index in [-0.39, 0.29) is 6.04 Å². The quantitative estimate of drug-likeness (QED) is 0.923. The summed E-state index contributed by atoms with van der Waals surface area (Å²) in [5.74, 6) is 0. The van der Waals surface area contributed by atoms with Gasteiger partial charge in [0.2, 0.25) is 0 Å². The minimum Gasteiger partial charge on any atom is -0.377 e. The van der Waals surface area contributed by atoms with Crippen LogP contribution in [0.1, 0.15) is 25.8 Å². The molecule has 106 valence electrons. The maximum Gasteiger partial charge on any atom is 0.0668 e. The van der Waals surface area contributed by atoms with Crippen molar-refractivity contribution in [1.82, 2.24) is 0 Å². The van der Waals surface area contributed by atoms with E-state index in [1.165, 1.54) is 11.3 Å². The van der Waals surface area contributed by atoms with Crippen LogP contribution in [0.25, 0.3) is 0 Å². The number of nitrogens with two attached hydrogens (primary N) is 1. The summed E-state index contributed by atoms with van der Waals surface area (Å²) in [6.45, 7) is 6.76. The monoisotopic (exact) mass is 282 g/mol. The zero-order valence-corrected chi connectivity index (χ0v) is 12.5. The van der Waals surface area contributed by atoms with Crippen LogP contribution in [0, 0.1) is 0 Å². The Balaban J connectivity index is 2.28. The molecule has 1 aromatic carbocycles. The van der Waals surface area contributed by atoms with E-state index in [1.54, 1.807) is 0 Å². The molecule has 0 aliphatic carbocycles. The van der Waals surface area contributed by atoms with Gasteiger partial charge in [-0.2, -0.15) is 0 Å². The molecule has 0 spiro atoms. The molecule has 1 aliphatic rings. The van der Waals surface area contributed by atoms with Crippen LogP contribution in [-0.2, 0) is 11.2 Å². The van der Waals surface area contributed by atoms with Gasteiger partial charge in [-0.05, 0) is 37.5 Å². The van der Waals surface area contributed by atoms with Crippen molar-refractivity contribution in [3.8, 4) is 0 Å². The average molecular weight is 283 g/mol. The molecule has 2 rings (SSSR count). The van der Waals surface area contributed by atoms with Gasteiger partial charge < -0.3 is 15.4 Å².